The molecule has 5 heteroatoms. The van der Waals surface area contributed by atoms with Gasteiger partial charge in [0.2, 0.25) is 11.8 Å². The van der Waals surface area contributed by atoms with Gasteiger partial charge in [0.1, 0.15) is 0 Å². The Kier molecular flexibility index (Phi) is 2.81. The van der Waals surface area contributed by atoms with Gasteiger partial charge in [0, 0.05) is 18.7 Å². The fraction of sp³-hybridized carbons (Fsp3) is 0.357. The van der Waals surface area contributed by atoms with Crippen LogP contribution in [0.15, 0.2) is 28.8 Å². The van der Waals surface area contributed by atoms with Gasteiger partial charge in [-0.25, -0.2) is 0 Å². The van der Waals surface area contributed by atoms with Crippen molar-refractivity contribution in [1.82, 2.24) is 10.1 Å². The van der Waals surface area contributed by atoms with E-state index in [0.29, 0.717) is 24.7 Å². The summed E-state index contributed by atoms with van der Waals surface area (Å²) in [6.45, 7) is 4.39. The third-order valence-electron chi connectivity index (χ3n) is 3.42. The first-order valence-corrected chi connectivity index (χ1v) is 6.31. The van der Waals surface area contributed by atoms with Crippen molar-refractivity contribution in [2.24, 2.45) is 0 Å². The number of rotatable bonds is 2. The zero-order valence-corrected chi connectivity index (χ0v) is 11.0. The molecule has 2 aromatic rings. The predicted molar refractivity (Wildman–Crippen MR) is 69.9 cm³/mol. The minimum atomic E-state index is -0.00620. The molecule has 0 N–H and O–H groups in total. The molecular weight excluding hydrogens is 242 g/mol. The van der Waals surface area contributed by atoms with Crippen molar-refractivity contribution in [1.29, 1.82) is 0 Å². The summed E-state index contributed by atoms with van der Waals surface area (Å²) in [6.07, 6.45) is 0.427. The molecule has 19 heavy (non-hydrogen) atoms. The van der Waals surface area contributed by atoms with Crippen molar-refractivity contribution in [2.45, 2.75) is 26.2 Å². The quantitative estimate of drug-likeness (QED) is 0.827. The molecule has 1 saturated heterocycles. The highest BCUT2D eigenvalue weighted by atomic mass is 16.5. The van der Waals surface area contributed by atoms with Gasteiger partial charge < -0.3 is 9.42 Å². The number of anilines is 1. The molecule has 1 fully saturated rings. The molecule has 1 aromatic carbocycles. The molecular formula is C14H15N3O2. The van der Waals surface area contributed by atoms with E-state index in [-0.39, 0.29) is 11.8 Å². The average Bonchev–Trinajstić information content (AvgIpc) is 2.96. The van der Waals surface area contributed by atoms with Crippen LogP contribution in [0.4, 0.5) is 5.69 Å². The van der Waals surface area contributed by atoms with E-state index in [4.69, 9.17) is 4.52 Å². The number of benzene rings is 1. The summed E-state index contributed by atoms with van der Waals surface area (Å²) in [4.78, 5) is 18.2. The molecule has 0 saturated carbocycles. The fourth-order valence-corrected chi connectivity index (χ4v) is 2.45. The molecule has 1 aromatic heterocycles. The summed E-state index contributed by atoms with van der Waals surface area (Å²) in [5.41, 5.74) is 2.06. The Hall–Kier alpha value is -2.17. The van der Waals surface area contributed by atoms with Gasteiger partial charge in [0.25, 0.3) is 0 Å². The average molecular weight is 257 g/mol. The van der Waals surface area contributed by atoms with Gasteiger partial charge in [-0.3, -0.25) is 4.79 Å². The Morgan fingerprint density at radius 3 is 2.79 bits per heavy atom. The fourth-order valence-electron chi connectivity index (χ4n) is 2.45. The Labute approximate surface area is 111 Å². The summed E-state index contributed by atoms with van der Waals surface area (Å²) >= 11 is 0. The number of nitrogens with zero attached hydrogens (tertiary/aromatic N) is 3. The van der Waals surface area contributed by atoms with Gasteiger partial charge in [-0.15, -0.1) is 0 Å². The minimum absolute atomic E-state index is 0.00620. The van der Waals surface area contributed by atoms with E-state index in [1.807, 2.05) is 31.2 Å². The van der Waals surface area contributed by atoms with Gasteiger partial charge in [-0.05, 0) is 25.5 Å². The molecule has 0 bridgehead atoms. The first-order valence-electron chi connectivity index (χ1n) is 6.31. The van der Waals surface area contributed by atoms with E-state index in [1.54, 1.807) is 11.8 Å². The molecule has 98 valence electrons. The van der Waals surface area contributed by atoms with Gasteiger partial charge in [0.15, 0.2) is 5.82 Å². The van der Waals surface area contributed by atoms with Crippen molar-refractivity contribution >= 4 is 11.6 Å². The van der Waals surface area contributed by atoms with Crippen LogP contribution in [-0.2, 0) is 4.79 Å². The number of hydrogen-bond acceptors (Lipinski definition) is 4. The van der Waals surface area contributed by atoms with Gasteiger partial charge in [0.05, 0.1) is 5.92 Å². The lowest BCUT2D eigenvalue weighted by Crippen LogP contribution is -2.25. The number of hydrogen-bond donors (Lipinski definition) is 0. The second kappa shape index (κ2) is 4.50. The maximum atomic E-state index is 12.2. The number of aromatic nitrogens is 2. The Bertz CT molecular complexity index is 621. The van der Waals surface area contributed by atoms with Crippen LogP contribution < -0.4 is 4.90 Å². The largest absolute Gasteiger partial charge is 0.339 e. The summed E-state index contributed by atoms with van der Waals surface area (Å²) < 4.78 is 5.17. The summed E-state index contributed by atoms with van der Waals surface area (Å²) in [7, 11) is 0. The number of carbonyl (C=O) groups is 1. The molecule has 1 unspecified atom stereocenters. The van der Waals surface area contributed by atoms with Crippen LogP contribution in [0.2, 0.25) is 0 Å². The lowest BCUT2D eigenvalue weighted by molar-refractivity contribution is -0.117. The van der Waals surface area contributed by atoms with Crippen LogP contribution in [0, 0.1) is 13.8 Å². The third-order valence-corrected chi connectivity index (χ3v) is 3.42. The van der Waals surface area contributed by atoms with Gasteiger partial charge in [-0.1, -0.05) is 23.4 Å². The summed E-state index contributed by atoms with van der Waals surface area (Å²) in [5.74, 6) is 1.27. The van der Waals surface area contributed by atoms with Crippen LogP contribution in [0.1, 0.15) is 29.6 Å². The Morgan fingerprint density at radius 1 is 1.32 bits per heavy atom. The SMILES string of the molecule is Cc1noc(C2CC(=O)N(c3ccccc3C)C2)n1. The zero-order chi connectivity index (χ0) is 13.4. The third kappa shape index (κ3) is 2.12. The molecule has 0 spiro atoms. The number of carbonyl (C=O) groups excluding carboxylic acids is 1. The van der Waals surface area contributed by atoms with Crippen LogP contribution in [0.3, 0.4) is 0 Å². The molecule has 1 atom stereocenters. The Balaban J connectivity index is 1.86. The Morgan fingerprint density at radius 2 is 2.11 bits per heavy atom. The van der Waals surface area contributed by atoms with Crippen molar-refractivity contribution < 1.29 is 9.32 Å². The highest BCUT2D eigenvalue weighted by molar-refractivity contribution is 5.97. The van der Waals surface area contributed by atoms with Crippen molar-refractivity contribution in [2.75, 3.05) is 11.4 Å². The molecule has 0 aliphatic carbocycles. The molecule has 1 aliphatic rings. The highest BCUT2D eigenvalue weighted by Crippen LogP contribution is 2.32. The smallest absolute Gasteiger partial charge is 0.232 e. The van der Waals surface area contributed by atoms with E-state index >= 15 is 0 Å². The van der Waals surface area contributed by atoms with E-state index < -0.39 is 0 Å². The molecule has 0 radical (unpaired) electrons. The molecule has 2 heterocycles. The summed E-state index contributed by atoms with van der Waals surface area (Å²) in [5, 5.41) is 3.79. The topological polar surface area (TPSA) is 59.2 Å². The highest BCUT2D eigenvalue weighted by Gasteiger charge is 2.35. The number of amides is 1. The minimum Gasteiger partial charge on any atom is -0.339 e. The first-order chi connectivity index (χ1) is 9.15. The molecule has 3 rings (SSSR count). The number of aryl methyl sites for hydroxylation is 2. The lowest BCUT2D eigenvalue weighted by atomic mass is 10.1. The molecule has 5 nitrogen and oxygen atoms in total. The van der Waals surface area contributed by atoms with Gasteiger partial charge in [-0.2, -0.15) is 4.98 Å². The maximum absolute atomic E-state index is 12.2. The monoisotopic (exact) mass is 257 g/mol. The normalized spacial score (nSPS) is 19.2. The van der Waals surface area contributed by atoms with Crippen LogP contribution in [0.25, 0.3) is 0 Å². The van der Waals surface area contributed by atoms with E-state index in [2.05, 4.69) is 10.1 Å². The van der Waals surface area contributed by atoms with Crippen molar-refractivity contribution in [3.63, 3.8) is 0 Å². The second-order valence-corrected chi connectivity index (χ2v) is 4.87. The van der Waals surface area contributed by atoms with E-state index in [1.165, 1.54) is 0 Å². The maximum Gasteiger partial charge on any atom is 0.232 e. The van der Waals surface area contributed by atoms with E-state index in [9.17, 15) is 4.79 Å². The zero-order valence-electron chi connectivity index (χ0n) is 11.0. The van der Waals surface area contributed by atoms with Crippen LogP contribution in [-0.4, -0.2) is 22.6 Å². The van der Waals surface area contributed by atoms with Crippen LogP contribution >= 0.6 is 0 Å². The predicted octanol–water partition coefficient (Wildman–Crippen LogP) is 2.21. The molecule has 1 amide bonds. The van der Waals surface area contributed by atoms with Crippen molar-refractivity contribution in [3.05, 3.63) is 41.5 Å². The second-order valence-electron chi connectivity index (χ2n) is 4.87. The molecule has 1 aliphatic heterocycles. The van der Waals surface area contributed by atoms with Gasteiger partial charge >= 0.3 is 0 Å². The lowest BCUT2D eigenvalue weighted by Gasteiger charge is -2.18. The standard InChI is InChI=1S/C14H15N3O2/c1-9-5-3-4-6-12(9)17-8-11(7-13(17)18)14-15-10(2)16-19-14/h3-6,11H,7-8H2,1-2H3. The van der Waals surface area contributed by atoms with Crippen molar-refractivity contribution in [3.8, 4) is 0 Å². The first kappa shape index (κ1) is 11.9. The van der Waals surface area contributed by atoms with Crippen LogP contribution in [0.5, 0.6) is 0 Å². The number of para-hydroxylation sites is 1. The van der Waals surface area contributed by atoms with E-state index in [0.717, 1.165) is 11.3 Å². The summed E-state index contributed by atoms with van der Waals surface area (Å²) in [6, 6.07) is 7.89.